The third-order valence-corrected chi connectivity index (χ3v) is 3.83. The number of rotatable bonds is 7. The topological polar surface area (TPSA) is 122 Å². The molecule has 0 saturated heterocycles. The number of nitro benzene ring substituents is 1. The number of nitrogens with zero attached hydrogens (tertiary/aromatic N) is 1. The first-order valence-corrected chi connectivity index (χ1v) is 7.94. The Balaban J connectivity index is 1.92. The number of hydrogen-bond acceptors (Lipinski definition) is 6. The molecule has 8 nitrogen and oxygen atoms in total. The summed E-state index contributed by atoms with van der Waals surface area (Å²) in [5, 5.41) is 33.8. The zero-order chi connectivity index (χ0) is 19.1. The predicted octanol–water partition coefficient (Wildman–Crippen LogP) is 2.22. The molecule has 0 aliphatic rings. The van der Waals surface area contributed by atoms with Gasteiger partial charge in [0.15, 0.2) is 0 Å². The van der Waals surface area contributed by atoms with Crippen LogP contribution < -0.4 is 5.32 Å². The SMILES string of the molecule is Cc1cccc([N+](=O)[O-])c1C(O)C(O)CNC(=O)OCc1ccccc1. The molecule has 1 amide bonds. The van der Waals surface area contributed by atoms with Crippen molar-refractivity contribution in [3.05, 3.63) is 75.3 Å². The van der Waals surface area contributed by atoms with Crippen LogP contribution in [0.25, 0.3) is 0 Å². The maximum absolute atomic E-state index is 11.7. The number of aliphatic hydroxyl groups excluding tert-OH is 2. The van der Waals surface area contributed by atoms with E-state index in [9.17, 15) is 25.1 Å². The van der Waals surface area contributed by atoms with Gasteiger partial charge in [-0.05, 0) is 18.1 Å². The monoisotopic (exact) mass is 360 g/mol. The molecule has 138 valence electrons. The first-order chi connectivity index (χ1) is 12.4. The number of hydrogen-bond donors (Lipinski definition) is 3. The van der Waals surface area contributed by atoms with Gasteiger partial charge in [-0.1, -0.05) is 42.5 Å². The Labute approximate surface area is 150 Å². The molecule has 26 heavy (non-hydrogen) atoms. The Morgan fingerprint density at radius 2 is 1.88 bits per heavy atom. The van der Waals surface area contributed by atoms with Crippen LogP contribution in [-0.4, -0.2) is 33.9 Å². The molecule has 2 aromatic carbocycles. The van der Waals surface area contributed by atoms with E-state index in [0.717, 1.165) is 5.56 Å². The molecule has 0 aromatic heterocycles. The van der Waals surface area contributed by atoms with Crippen LogP contribution in [0.5, 0.6) is 0 Å². The molecular weight excluding hydrogens is 340 g/mol. The van der Waals surface area contributed by atoms with Crippen molar-refractivity contribution in [3.63, 3.8) is 0 Å². The molecule has 0 bridgehead atoms. The van der Waals surface area contributed by atoms with Crippen LogP contribution in [0, 0.1) is 17.0 Å². The number of carbonyl (C=O) groups is 1. The van der Waals surface area contributed by atoms with E-state index in [-0.39, 0.29) is 24.4 Å². The van der Waals surface area contributed by atoms with Gasteiger partial charge in [-0.25, -0.2) is 4.79 Å². The van der Waals surface area contributed by atoms with E-state index in [2.05, 4.69) is 5.32 Å². The Morgan fingerprint density at radius 3 is 2.54 bits per heavy atom. The fraction of sp³-hybridized carbons (Fsp3) is 0.278. The van der Waals surface area contributed by atoms with E-state index < -0.39 is 23.2 Å². The molecular formula is C18H20N2O6. The van der Waals surface area contributed by atoms with Gasteiger partial charge in [0.2, 0.25) is 0 Å². The standard InChI is InChI=1S/C18H20N2O6/c1-12-6-5-9-14(20(24)25)16(12)17(22)15(21)10-19-18(23)26-11-13-7-3-2-4-8-13/h2-9,15,17,21-22H,10-11H2,1H3,(H,19,23). The number of benzene rings is 2. The normalized spacial score (nSPS) is 12.9. The maximum atomic E-state index is 11.7. The van der Waals surface area contributed by atoms with E-state index >= 15 is 0 Å². The molecule has 2 unspecified atom stereocenters. The first kappa shape index (κ1) is 19.4. The van der Waals surface area contributed by atoms with Crippen molar-refractivity contribution >= 4 is 11.8 Å². The Bertz CT molecular complexity index is 766. The average Bonchev–Trinajstić information content (AvgIpc) is 2.64. The summed E-state index contributed by atoms with van der Waals surface area (Å²) < 4.78 is 5.00. The highest BCUT2D eigenvalue weighted by molar-refractivity contribution is 5.67. The highest BCUT2D eigenvalue weighted by Crippen LogP contribution is 2.30. The molecule has 0 aliphatic heterocycles. The lowest BCUT2D eigenvalue weighted by Gasteiger charge is -2.20. The Kier molecular flexibility index (Phi) is 6.65. The number of ether oxygens (including phenoxy) is 1. The molecule has 0 spiro atoms. The van der Waals surface area contributed by atoms with Crippen molar-refractivity contribution in [1.29, 1.82) is 0 Å². The van der Waals surface area contributed by atoms with Gasteiger partial charge in [-0.2, -0.15) is 0 Å². The minimum Gasteiger partial charge on any atom is -0.445 e. The van der Waals surface area contributed by atoms with E-state index in [1.54, 1.807) is 25.1 Å². The third-order valence-electron chi connectivity index (χ3n) is 3.83. The van der Waals surface area contributed by atoms with Gasteiger partial charge < -0.3 is 20.3 Å². The molecule has 2 rings (SSSR count). The minimum absolute atomic E-state index is 0.0180. The molecule has 0 radical (unpaired) electrons. The quantitative estimate of drug-likeness (QED) is 0.514. The van der Waals surface area contributed by atoms with Crippen LogP contribution in [0.1, 0.15) is 22.8 Å². The number of aliphatic hydroxyl groups is 2. The molecule has 0 heterocycles. The smallest absolute Gasteiger partial charge is 0.407 e. The molecule has 8 heteroatoms. The van der Waals surface area contributed by atoms with Crippen LogP contribution in [0.15, 0.2) is 48.5 Å². The molecule has 0 saturated carbocycles. The van der Waals surface area contributed by atoms with Crippen LogP contribution >= 0.6 is 0 Å². The van der Waals surface area contributed by atoms with E-state index in [4.69, 9.17) is 4.74 Å². The number of amides is 1. The molecule has 3 N–H and O–H groups in total. The van der Waals surface area contributed by atoms with Crippen molar-refractivity contribution < 1.29 is 24.7 Å². The molecule has 2 aromatic rings. The zero-order valence-electron chi connectivity index (χ0n) is 14.2. The Hall–Kier alpha value is -2.97. The van der Waals surface area contributed by atoms with Crippen molar-refractivity contribution in [1.82, 2.24) is 5.32 Å². The van der Waals surface area contributed by atoms with Crippen molar-refractivity contribution in [2.24, 2.45) is 0 Å². The minimum atomic E-state index is -1.52. The third kappa shape index (κ3) is 5.01. The summed E-state index contributed by atoms with van der Waals surface area (Å²) in [6, 6.07) is 13.4. The average molecular weight is 360 g/mol. The summed E-state index contributed by atoms with van der Waals surface area (Å²) in [5.74, 6) is 0. The maximum Gasteiger partial charge on any atom is 0.407 e. The lowest BCUT2D eigenvalue weighted by Crippen LogP contribution is -2.36. The molecule has 0 fully saturated rings. The molecule has 0 aliphatic carbocycles. The summed E-state index contributed by atoms with van der Waals surface area (Å²) in [4.78, 5) is 22.2. The Morgan fingerprint density at radius 1 is 1.19 bits per heavy atom. The van der Waals surface area contributed by atoms with Crippen molar-refractivity contribution in [2.75, 3.05) is 6.54 Å². The van der Waals surface area contributed by atoms with Gasteiger partial charge in [0.05, 0.1) is 10.5 Å². The van der Waals surface area contributed by atoms with Crippen molar-refractivity contribution in [3.8, 4) is 0 Å². The lowest BCUT2D eigenvalue weighted by molar-refractivity contribution is -0.386. The second kappa shape index (κ2) is 8.93. The van der Waals surface area contributed by atoms with Gasteiger partial charge in [-0.15, -0.1) is 0 Å². The van der Waals surface area contributed by atoms with Gasteiger partial charge in [-0.3, -0.25) is 10.1 Å². The summed E-state index contributed by atoms with van der Waals surface area (Å²) in [5.41, 5.74) is 1.00. The number of nitrogens with one attached hydrogen (secondary N) is 1. The first-order valence-electron chi connectivity index (χ1n) is 7.94. The van der Waals surface area contributed by atoms with Crippen LogP contribution in [-0.2, 0) is 11.3 Å². The second-order valence-electron chi connectivity index (χ2n) is 5.72. The van der Waals surface area contributed by atoms with E-state index in [1.807, 2.05) is 18.2 Å². The van der Waals surface area contributed by atoms with Crippen LogP contribution in [0.3, 0.4) is 0 Å². The zero-order valence-corrected chi connectivity index (χ0v) is 14.2. The fourth-order valence-corrected chi connectivity index (χ4v) is 2.48. The summed E-state index contributed by atoms with van der Waals surface area (Å²) >= 11 is 0. The number of nitro groups is 1. The number of alkyl carbamates (subject to hydrolysis) is 1. The summed E-state index contributed by atoms with van der Waals surface area (Å²) in [6.07, 6.45) is -3.72. The van der Waals surface area contributed by atoms with Gasteiger partial charge in [0.1, 0.15) is 18.8 Å². The van der Waals surface area contributed by atoms with Gasteiger partial charge in [0, 0.05) is 12.6 Å². The fourth-order valence-electron chi connectivity index (χ4n) is 2.48. The number of aryl methyl sites for hydroxylation is 1. The second-order valence-corrected chi connectivity index (χ2v) is 5.72. The molecule has 2 atom stereocenters. The van der Waals surface area contributed by atoms with Crippen LogP contribution in [0.2, 0.25) is 0 Å². The van der Waals surface area contributed by atoms with E-state index in [1.165, 1.54) is 12.1 Å². The summed E-state index contributed by atoms with van der Waals surface area (Å²) in [7, 11) is 0. The predicted molar refractivity (Wildman–Crippen MR) is 93.4 cm³/mol. The lowest BCUT2D eigenvalue weighted by atomic mass is 9.97. The van der Waals surface area contributed by atoms with Gasteiger partial charge in [0.25, 0.3) is 5.69 Å². The van der Waals surface area contributed by atoms with Gasteiger partial charge >= 0.3 is 6.09 Å². The highest BCUT2D eigenvalue weighted by Gasteiger charge is 2.28. The van der Waals surface area contributed by atoms with E-state index in [0.29, 0.717) is 5.56 Å². The van der Waals surface area contributed by atoms with Crippen molar-refractivity contribution in [2.45, 2.75) is 25.7 Å². The number of carbonyl (C=O) groups excluding carboxylic acids is 1. The highest BCUT2D eigenvalue weighted by atomic mass is 16.6. The van der Waals surface area contributed by atoms with Crippen LogP contribution in [0.4, 0.5) is 10.5 Å². The summed E-state index contributed by atoms with van der Waals surface area (Å²) in [6.45, 7) is 1.34. The largest absolute Gasteiger partial charge is 0.445 e.